The zero-order chi connectivity index (χ0) is 12.4. The standard InChI is InChI=1S/C12H9BrO4/c1-7-6-10(16-11(7)14)17-12(15)8-2-4-9(13)5-3-8/h2-6,10H,1H3/t10-/m0/s1. The first-order valence-corrected chi connectivity index (χ1v) is 5.71. The van der Waals surface area contributed by atoms with Crippen LogP contribution in [0, 0.1) is 0 Å². The summed E-state index contributed by atoms with van der Waals surface area (Å²) in [5, 5.41) is 0. The molecule has 88 valence electrons. The molecule has 0 bridgehead atoms. The van der Waals surface area contributed by atoms with Crippen molar-refractivity contribution >= 4 is 27.9 Å². The fourth-order valence-electron chi connectivity index (χ4n) is 1.32. The summed E-state index contributed by atoms with van der Waals surface area (Å²) in [6.45, 7) is 1.61. The van der Waals surface area contributed by atoms with E-state index in [-0.39, 0.29) is 0 Å². The molecule has 0 N–H and O–H groups in total. The molecule has 0 fully saturated rings. The van der Waals surface area contributed by atoms with Crippen LogP contribution >= 0.6 is 15.9 Å². The maximum Gasteiger partial charge on any atom is 0.341 e. The Hall–Kier alpha value is -1.62. The van der Waals surface area contributed by atoms with E-state index in [4.69, 9.17) is 9.47 Å². The molecule has 1 aliphatic heterocycles. The van der Waals surface area contributed by atoms with E-state index in [1.807, 2.05) is 0 Å². The van der Waals surface area contributed by atoms with Gasteiger partial charge in [-0.15, -0.1) is 0 Å². The number of carbonyl (C=O) groups excluding carboxylic acids is 2. The van der Waals surface area contributed by atoms with Crippen LogP contribution in [0.25, 0.3) is 0 Å². The van der Waals surface area contributed by atoms with E-state index in [1.165, 1.54) is 6.08 Å². The van der Waals surface area contributed by atoms with Gasteiger partial charge in [0, 0.05) is 16.1 Å². The minimum absolute atomic E-state index is 0.405. The molecule has 0 amide bonds. The average molecular weight is 297 g/mol. The van der Waals surface area contributed by atoms with Crippen molar-refractivity contribution < 1.29 is 19.1 Å². The molecule has 1 heterocycles. The number of halogens is 1. The number of benzene rings is 1. The Labute approximate surface area is 106 Å². The van der Waals surface area contributed by atoms with Crippen molar-refractivity contribution in [3.63, 3.8) is 0 Å². The molecule has 5 heteroatoms. The second kappa shape index (κ2) is 4.71. The lowest BCUT2D eigenvalue weighted by Crippen LogP contribution is -2.17. The molecular formula is C12H9BrO4. The summed E-state index contributed by atoms with van der Waals surface area (Å²) in [6, 6.07) is 6.72. The maximum atomic E-state index is 11.7. The van der Waals surface area contributed by atoms with Crippen LogP contribution in [-0.2, 0) is 14.3 Å². The lowest BCUT2D eigenvalue weighted by Gasteiger charge is -2.09. The molecule has 17 heavy (non-hydrogen) atoms. The van der Waals surface area contributed by atoms with Crippen LogP contribution in [0.1, 0.15) is 17.3 Å². The van der Waals surface area contributed by atoms with Crippen LogP contribution in [0.3, 0.4) is 0 Å². The van der Waals surface area contributed by atoms with E-state index < -0.39 is 18.2 Å². The second-order valence-corrected chi connectivity index (χ2v) is 4.45. The van der Waals surface area contributed by atoms with Crippen molar-refractivity contribution in [3.05, 3.63) is 46.0 Å². The number of ether oxygens (including phenoxy) is 2. The van der Waals surface area contributed by atoms with Crippen molar-refractivity contribution in [3.8, 4) is 0 Å². The molecule has 1 aromatic rings. The summed E-state index contributed by atoms with van der Waals surface area (Å²) in [5.41, 5.74) is 0.848. The third-order valence-corrected chi connectivity index (χ3v) is 2.76. The topological polar surface area (TPSA) is 52.6 Å². The van der Waals surface area contributed by atoms with Gasteiger partial charge >= 0.3 is 11.9 Å². The summed E-state index contributed by atoms with van der Waals surface area (Å²) >= 11 is 3.27. The van der Waals surface area contributed by atoms with Crippen molar-refractivity contribution in [2.75, 3.05) is 0 Å². The summed E-state index contributed by atoms with van der Waals surface area (Å²) < 4.78 is 10.7. The lowest BCUT2D eigenvalue weighted by atomic mass is 10.2. The Balaban J connectivity index is 2.03. The summed E-state index contributed by atoms with van der Waals surface area (Å²) in [6.07, 6.45) is 0.553. The SMILES string of the molecule is CC1=C[C@H](OC(=O)c2ccc(Br)cc2)OC1=O. The van der Waals surface area contributed by atoms with E-state index in [0.717, 1.165) is 4.47 Å². The van der Waals surface area contributed by atoms with Gasteiger partial charge in [0.05, 0.1) is 5.56 Å². The molecule has 1 atom stereocenters. The van der Waals surface area contributed by atoms with Gasteiger partial charge in [0.15, 0.2) is 0 Å². The average Bonchev–Trinajstić information content (AvgIpc) is 2.58. The minimum Gasteiger partial charge on any atom is -0.418 e. The lowest BCUT2D eigenvalue weighted by molar-refractivity contribution is -0.151. The smallest absolute Gasteiger partial charge is 0.341 e. The molecule has 0 saturated heterocycles. The zero-order valence-corrected chi connectivity index (χ0v) is 10.6. The van der Waals surface area contributed by atoms with Crippen LogP contribution in [0.5, 0.6) is 0 Å². The highest BCUT2D eigenvalue weighted by Crippen LogP contribution is 2.17. The Morgan fingerprint density at radius 2 is 2.00 bits per heavy atom. The molecule has 0 aromatic heterocycles. The molecule has 1 aliphatic rings. The van der Waals surface area contributed by atoms with Crippen molar-refractivity contribution in [2.24, 2.45) is 0 Å². The van der Waals surface area contributed by atoms with Gasteiger partial charge < -0.3 is 9.47 Å². The van der Waals surface area contributed by atoms with E-state index in [9.17, 15) is 9.59 Å². The monoisotopic (exact) mass is 296 g/mol. The number of carbonyl (C=O) groups is 2. The number of cyclic esters (lactones) is 1. The normalized spacial score (nSPS) is 18.6. The molecular weight excluding hydrogens is 288 g/mol. The molecule has 2 rings (SSSR count). The fraction of sp³-hybridized carbons (Fsp3) is 0.167. The van der Waals surface area contributed by atoms with Gasteiger partial charge in [-0.2, -0.15) is 0 Å². The first-order chi connectivity index (χ1) is 8.06. The summed E-state index contributed by atoms with van der Waals surface area (Å²) in [5.74, 6) is -0.986. The molecule has 4 nitrogen and oxygen atoms in total. The fourth-order valence-corrected chi connectivity index (χ4v) is 1.59. The molecule has 0 spiro atoms. The molecule has 0 saturated carbocycles. The van der Waals surface area contributed by atoms with E-state index in [1.54, 1.807) is 31.2 Å². The predicted molar refractivity (Wildman–Crippen MR) is 63.2 cm³/mol. The predicted octanol–water partition coefficient (Wildman–Crippen LogP) is 2.44. The van der Waals surface area contributed by atoms with Gasteiger partial charge in [-0.1, -0.05) is 15.9 Å². The van der Waals surface area contributed by atoms with Crippen molar-refractivity contribution in [1.82, 2.24) is 0 Å². The molecule has 0 aliphatic carbocycles. The Morgan fingerprint density at radius 1 is 1.35 bits per heavy atom. The minimum atomic E-state index is -0.918. The highest BCUT2D eigenvalue weighted by Gasteiger charge is 2.25. The second-order valence-electron chi connectivity index (χ2n) is 3.54. The van der Waals surface area contributed by atoms with Gasteiger partial charge in [-0.05, 0) is 31.2 Å². The zero-order valence-electron chi connectivity index (χ0n) is 8.98. The number of hydrogen-bond acceptors (Lipinski definition) is 4. The van der Waals surface area contributed by atoms with Crippen LogP contribution in [-0.4, -0.2) is 18.2 Å². The Bertz CT molecular complexity index is 490. The first-order valence-electron chi connectivity index (χ1n) is 4.92. The van der Waals surface area contributed by atoms with E-state index in [2.05, 4.69) is 15.9 Å². The quantitative estimate of drug-likeness (QED) is 0.787. The van der Waals surface area contributed by atoms with Gasteiger partial charge in [0.2, 0.25) is 0 Å². The third kappa shape index (κ3) is 2.74. The Morgan fingerprint density at radius 3 is 2.53 bits per heavy atom. The van der Waals surface area contributed by atoms with Crippen LogP contribution in [0.15, 0.2) is 40.4 Å². The highest BCUT2D eigenvalue weighted by molar-refractivity contribution is 9.10. The van der Waals surface area contributed by atoms with Crippen LogP contribution < -0.4 is 0 Å². The Kier molecular flexibility index (Phi) is 3.28. The van der Waals surface area contributed by atoms with Gasteiger partial charge in [-0.3, -0.25) is 0 Å². The molecule has 0 radical (unpaired) electrons. The maximum absolute atomic E-state index is 11.7. The van der Waals surface area contributed by atoms with E-state index in [0.29, 0.717) is 11.1 Å². The van der Waals surface area contributed by atoms with Crippen molar-refractivity contribution in [1.29, 1.82) is 0 Å². The summed E-state index contributed by atoms with van der Waals surface area (Å²) in [4.78, 5) is 22.7. The van der Waals surface area contributed by atoms with Crippen molar-refractivity contribution in [2.45, 2.75) is 13.2 Å². The number of hydrogen-bond donors (Lipinski definition) is 0. The van der Waals surface area contributed by atoms with Crippen LogP contribution in [0.4, 0.5) is 0 Å². The van der Waals surface area contributed by atoms with Gasteiger partial charge in [0.25, 0.3) is 6.29 Å². The highest BCUT2D eigenvalue weighted by atomic mass is 79.9. The first kappa shape index (κ1) is 11.9. The van der Waals surface area contributed by atoms with Crippen LogP contribution in [0.2, 0.25) is 0 Å². The number of esters is 2. The molecule has 0 unspecified atom stereocenters. The third-order valence-electron chi connectivity index (χ3n) is 2.23. The van der Waals surface area contributed by atoms with Gasteiger partial charge in [-0.25, -0.2) is 9.59 Å². The largest absolute Gasteiger partial charge is 0.418 e. The number of rotatable bonds is 2. The summed E-state index contributed by atoms with van der Waals surface area (Å²) in [7, 11) is 0. The van der Waals surface area contributed by atoms with Gasteiger partial charge in [0.1, 0.15) is 0 Å². The molecule has 1 aromatic carbocycles. The van der Waals surface area contributed by atoms with E-state index >= 15 is 0 Å².